The van der Waals surface area contributed by atoms with Crippen LogP contribution in [0.4, 0.5) is 4.79 Å². The van der Waals surface area contributed by atoms with Crippen LogP contribution in [0.15, 0.2) is 17.9 Å². The predicted octanol–water partition coefficient (Wildman–Crippen LogP) is -0.188. The van der Waals surface area contributed by atoms with Crippen molar-refractivity contribution < 1.29 is 14.2 Å². The molecule has 0 aromatic rings. The Morgan fingerprint density at radius 2 is 2.36 bits per heavy atom. The Bertz CT molecular complexity index is 259. The van der Waals surface area contributed by atoms with Crippen LogP contribution in [0.25, 0.3) is 0 Å². The molecular formula is C6H8N3O2+. The van der Waals surface area contributed by atoms with Gasteiger partial charge in [-0.3, -0.25) is 4.79 Å². The largest absolute Gasteiger partial charge is 0.454 e. The minimum Gasteiger partial charge on any atom is -0.267 e. The van der Waals surface area contributed by atoms with Crippen molar-refractivity contribution in [1.82, 2.24) is 5.32 Å². The fraction of sp³-hybridized carbons (Fsp3) is 0.167. The molecule has 1 N–H and O–H groups in total. The van der Waals surface area contributed by atoms with Gasteiger partial charge in [-0.1, -0.05) is 9.69 Å². The van der Waals surface area contributed by atoms with Crippen molar-refractivity contribution in [1.29, 1.82) is 0 Å². The summed E-state index contributed by atoms with van der Waals surface area (Å²) in [6.07, 6.45) is 2.39. The summed E-state index contributed by atoms with van der Waals surface area (Å²) in [4.78, 5) is 21.6. The summed E-state index contributed by atoms with van der Waals surface area (Å²) in [5.41, 5.74) is 0. The van der Waals surface area contributed by atoms with Gasteiger partial charge in [-0.05, 0) is 6.58 Å². The Hall–Kier alpha value is -1.49. The minimum atomic E-state index is -0.493. The first kappa shape index (κ1) is 7.62. The molecule has 0 fully saturated rings. The van der Waals surface area contributed by atoms with Crippen molar-refractivity contribution in [2.75, 3.05) is 7.05 Å². The summed E-state index contributed by atoms with van der Waals surface area (Å²) in [7, 11) is 1.52. The Morgan fingerprint density at radius 1 is 1.73 bits per heavy atom. The minimum absolute atomic E-state index is 0.342. The molecule has 1 aliphatic heterocycles. The van der Waals surface area contributed by atoms with Gasteiger partial charge in [0.2, 0.25) is 0 Å². The third kappa shape index (κ3) is 1.18. The van der Waals surface area contributed by atoms with Crippen LogP contribution in [0.2, 0.25) is 0 Å². The number of amides is 3. The molecular weight excluding hydrogens is 146 g/mol. The Kier molecular flexibility index (Phi) is 1.58. The number of carbonyl (C=O) groups excluding carboxylic acids is 2. The fourth-order valence-electron chi connectivity index (χ4n) is 0.606. The summed E-state index contributed by atoms with van der Waals surface area (Å²) in [6, 6.07) is -0.493. The molecule has 11 heavy (non-hydrogen) atoms. The van der Waals surface area contributed by atoms with Crippen LogP contribution in [0.5, 0.6) is 0 Å². The van der Waals surface area contributed by atoms with Crippen molar-refractivity contribution in [3.63, 3.8) is 0 Å². The molecule has 0 bridgehead atoms. The molecule has 1 rings (SSSR count). The molecule has 3 amide bonds. The molecule has 0 aromatic heterocycles. The van der Waals surface area contributed by atoms with Gasteiger partial charge in [-0.2, -0.15) is 0 Å². The Balaban J connectivity index is 3.01. The average Bonchev–Trinajstić information content (AvgIpc) is 1.98. The highest BCUT2D eigenvalue weighted by molar-refractivity contribution is 6.30. The van der Waals surface area contributed by atoms with Crippen LogP contribution in [0.3, 0.4) is 0 Å². The molecule has 1 aliphatic rings. The fourth-order valence-corrected chi connectivity index (χ4v) is 0.606. The highest BCUT2D eigenvalue weighted by Crippen LogP contribution is 2.06. The van der Waals surface area contributed by atoms with Crippen LogP contribution in [0, 0.1) is 0 Å². The van der Waals surface area contributed by atoms with Gasteiger partial charge in [0.1, 0.15) is 19.5 Å². The normalized spacial score (nSPS) is 29.9. The smallest absolute Gasteiger partial charge is 0.267 e. The molecule has 0 spiro atoms. The molecule has 1 heterocycles. The summed E-state index contributed by atoms with van der Waals surface area (Å²) < 4.78 is -0.342. The quantitative estimate of drug-likeness (QED) is 0.532. The van der Waals surface area contributed by atoms with E-state index in [0.29, 0.717) is 0 Å². The van der Waals surface area contributed by atoms with Crippen molar-refractivity contribution in [3.8, 4) is 0 Å². The van der Waals surface area contributed by atoms with E-state index in [1.165, 1.54) is 13.2 Å². The summed E-state index contributed by atoms with van der Waals surface area (Å²) in [5.74, 6) is -0.493. The zero-order valence-electron chi connectivity index (χ0n) is 6.07. The lowest BCUT2D eigenvalue weighted by atomic mass is 10.5. The number of nitrogens with zero attached hydrogens (tertiary/aromatic N) is 2. The van der Waals surface area contributed by atoms with Crippen LogP contribution in [-0.2, 0) is 4.79 Å². The molecule has 1 unspecified atom stereocenters. The van der Waals surface area contributed by atoms with Crippen LogP contribution < -0.4 is 5.32 Å². The van der Waals surface area contributed by atoms with Gasteiger partial charge >= 0.3 is 6.03 Å². The number of rotatable bonds is 1. The molecule has 5 nitrogen and oxygen atoms in total. The monoisotopic (exact) mass is 154 g/mol. The van der Waals surface area contributed by atoms with Crippen molar-refractivity contribution >= 4 is 18.2 Å². The van der Waals surface area contributed by atoms with Gasteiger partial charge < -0.3 is 0 Å². The van der Waals surface area contributed by atoms with Crippen molar-refractivity contribution in [2.45, 2.75) is 0 Å². The van der Waals surface area contributed by atoms with Gasteiger partial charge in [0.15, 0.2) is 0 Å². The molecule has 1 atom stereocenters. The van der Waals surface area contributed by atoms with Gasteiger partial charge in [0.25, 0.3) is 5.91 Å². The zero-order chi connectivity index (χ0) is 8.48. The predicted molar refractivity (Wildman–Crippen MR) is 38.4 cm³/mol. The van der Waals surface area contributed by atoms with E-state index < -0.39 is 11.9 Å². The first-order chi connectivity index (χ1) is 5.08. The number of carbonyl (C=O) groups is 2. The lowest BCUT2D eigenvalue weighted by molar-refractivity contribution is -0.782. The van der Waals surface area contributed by atoms with E-state index in [-0.39, 0.29) is 4.59 Å². The van der Waals surface area contributed by atoms with E-state index >= 15 is 0 Å². The van der Waals surface area contributed by atoms with Crippen LogP contribution in [0.1, 0.15) is 0 Å². The third-order valence-corrected chi connectivity index (χ3v) is 1.41. The summed E-state index contributed by atoms with van der Waals surface area (Å²) in [6.45, 7) is 3.42. The Labute approximate surface area is 63.6 Å². The number of hydrogen-bond donors (Lipinski definition) is 1. The van der Waals surface area contributed by atoms with Crippen molar-refractivity contribution in [2.24, 2.45) is 5.10 Å². The van der Waals surface area contributed by atoms with E-state index in [0.717, 1.165) is 6.21 Å². The second-order valence-electron chi connectivity index (χ2n) is 2.25. The first-order valence-electron chi connectivity index (χ1n) is 2.99. The van der Waals surface area contributed by atoms with Gasteiger partial charge in [0.05, 0.1) is 0 Å². The van der Waals surface area contributed by atoms with Gasteiger partial charge in [0, 0.05) is 0 Å². The Morgan fingerprint density at radius 3 is 2.82 bits per heavy atom. The maximum absolute atomic E-state index is 11.0. The molecule has 0 radical (unpaired) electrons. The molecule has 0 saturated carbocycles. The third-order valence-electron chi connectivity index (χ3n) is 1.41. The zero-order valence-corrected chi connectivity index (χ0v) is 6.07. The van der Waals surface area contributed by atoms with E-state index in [9.17, 15) is 9.59 Å². The maximum atomic E-state index is 11.0. The van der Waals surface area contributed by atoms with E-state index in [1.807, 2.05) is 0 Å². The maximum Gasteiger partial charge on any atom is 0.454 e. The number of imide groups is 1. The number of quaternary nitrogens is 1. The van der Waals surface area contributed by atoms with Gasteiger partial charge in [-0.15, -0.1) is 0 Å². The van der Waals surface area contributed by atoms with Gasteiger partial charge in [-0.25, -0.2) is 10.1 Å². The SMILES string of the molecule is C=C[N+]1(C)N=CC(=O)NC1=O. The highest BCUT2D eigenvalue weighted by atomic mass is 16.2. The molecule has 0 aromatic carbocycles. The lowest BCUT2D eigenvalue weighted by Gasteiger charge is -2.21. The highest BCUT2D eigenvalue weighted by Gasteiger charge is 2.34. The number of urea groups is 1. The van der Waals surface area contributed by atoms with E-state index in [2.05, 4.69) is 17.0 Å². The molecule has 0 aliphatic carbocycles. The topological polar surface area (TPSA) is 58.5 Å². The number of hydrogen-bond acceptors (Lipinski definition) is 3. The molecule has 5 heteroatoms. The number of nitrogens with one attached hydrogen (secondary N) is 1. The van der Waals surface area contributed by atoms with E-state index in [1.54, 1.807) is 0 Å². The lowest BCUT2D eigenvalue weighted by Crippen LogP contribution is -2.52. The molecule has 58 valence electrons. The standard InChI is InChI=1S/C6H7N3O2/c1-3-9(2)6(11)8-5(10)4-7-9/h3-4H,1H2,2H3/p+1. The second-order valence-corrected chi connectivity index (χ2v) is 2.25. The van der Waals surface area contributed by atoms with Crippen LogP contribution in [-0.4, -0.2) is 29.8 Å². The van der Waals surface area contributed by atoms with Crippen LogP contribution >= 0.6 is 0 Å². The van der Waals surface area contributed by atoms with E-state index in [4.69, 9.17) is 0 Å². The van der Waals surface area contributed by atoms with Crippen molar-refractivity contribution in [3.05, 3.63) is 12.8 Å². The second kappa shape index (κ2) is 2.28. The summed E-state index contributed by atoms with van der Waals surface area (Å²) in [5, 5.41) is 5.77. The first-order valence-corrected chi connectivity index (χ1v) is 2.99. The summed E-state index contributed by atoms with van der Waals surface area (Å²) >= 11 is 0. The molecule has 0 saturated heterocycles. The average molecular weight is 154 g/mol.